The number of halogens is 1. The molecule has 0 saturated heterocycles. The Labute approximate surface area is 128 Å². The molecule has 0 radical (unpaired) electrons. The van der Waals surface area contributed by atoms with Crippen LogP contribution in [0.15, 0.2) is 23.3 Å². The number of nitrogens with one attached hydrogen (secondary N) is 1. The van der Waals surface area contributed by atoms with Gasteiger partial charge in [0.1, 0.15) is 0 Å². The van der Waals surface area contributed by atoms with E-state index in [0.29, 0.717) is 29.4 Å². The van der Waals surface area contributed by atoms with Crippen molar-refractivity contribution in [3.8, 4) is 0 Å². The quantitative estimate of drug-likeness (QED) is 0.929. The van der Waals surface area contributed by atoms with Crippen molar-refractivity contribution >= 4 is 34.9 Å². The van der Waals surface area contributed by atoms with Gasteiger partial charge in [0.25, 0.3) is 11.8 Å². The number of rotatable bonds is 3. The number of hydrogen-bond donors (Lipinski definition) is 1. The van der Waals surface area contributed by atoms with Gasteiger partial charge < -0.3 is 4.90 Å². The highest BCUT2D eigenvalue weighted by Crippen LogP contribution is 2.24. The van der Waals surface area contributed by atoms with Crippen LogP contribution in [-0.4, -0.2) is 47.6 Å². The number of fused-ring (bicyclic) bond motifs is 1. The summed E-state index contributed by atoms with van der Waals surface area (Å²) in [6.45, 7) is 4.86. The Hall–Kier alpha value is -2.08. The van der Waals surface area contributed by atoms with Crippen LogP contribution in [0.4, 0.5) is 5.69 Å². The summed E-state index contributed by atoms with van der Waals surface area (Å²) in [6, 6.07) is 4.88. The molecule has 21 heavy (non-hydrogen) atoms. The summed E-state index contributed by atoms with van der Waals surface area (Å²) in [5.41, 5.74) is 3.68. The van der Waals surface area contributed by atoms with Gasteiger partial charge >= 0.3 is 0 Å². The maximum atomic E-state index is 12.5. The van der Waals surface area contributed by atoms with Crippen LogP contribution < -0.4 is 5.43 Å². The van der Waals surface area contributed by atoms with E-state index in [4.69, 9.17) is 11.6 Å². The number of amidine groups is 1. The van der Waals surface area contributed by atoms with Crippen molar-refractivity contribution in [3.05, 3.63) is 28.8 Å². The molecular formula is C14H17ClN4O2. The maximum absolute atomic E-state index is 12.5. The number of hydrazone groups is 1. The third kappa shape index (κ3) is 2.85. The van der Waals surface area contributed by atoms with Crippen LogP contribution in [0.25, 0.3) is 0 Å². The fraction of sp³-hybridized carbons (Fsp3) is 0.357. The molecule has 6 nitrogen and oxygen atoms in total. The van der Waals surface area contributed by atoms with E-state index in [9.17, 15) is 9.59 Å². The fourth-order valence-corrected chi connectivity index (χ4v) is 2.27. The largest absolute Gasteiger partial charge is 0.336 e. The van der Waals surface area contributed by atoms with E-state index in [-0.39, 0.29) is 17.6 Å². The minimum Gasteiger partial charge on any atom is -0.336 e. The molecule has 1 heterocycles. The monoisotopic (exact) mass is 308 g/mol. The summed E-state index contributed by atoms with van der Waals surface area (Å²) in [5, 5.41) is 4.53. The molecular weight excluding hydrogens is 292 g/mol. The fourth-order valence-electron chi connectivity index (χ4n) is 2.10. The summed E-state index contributed by atoms with van der Waals surface area (Å²) < 4.78 is 0. The molecule has 0 aliphatic carbocycles. The molecule has 7 heteroatoms. The van der Waals surface area contributed by atoms with E-state index in [1.807, 2.05) is 13.8 Å². The average molecular weight is 309 g/mol. The molecule has 0 atom stereocenters. The summed E-state index contributed by atoms with van der Waals surface area (Å²) >= 11 is 5.93. The number of likely N-dealkylation sites (N-methyl/N-ethyl adjacent to an activating group) is 2. The molecule has 0 saturated carbocycles. The number of carbonyl (C=O) groups excluding carboxylic acids is 2. The maximum Gasteiger partial charge on any atom is 0.291 e. The summed E-state index contributed by atoms with van der Waals surface area (Å²) in [6.07, 6.45) is 0. The van der Waals surface area contributed by atoms with Crippen molar-refractivity contribution in [1.29, 1.82) is 0 Å². The molecule has 0 unspecified atom stereocenters. The highest BCUT2D eigenvalue weighted by molar-refractivity contribution is 6.41. The van der Waals surface area contributed by atoms with E-state index in [2.05, 4.69) is 10.5 Å². The van der Waals surface area contributed by atoms with Crippen molar-refractivity contribution < 1.29 is 9.59 Å². The summed E-state index contributed by atoms with van der Waals surface area (Å²) in [4.78, 5) is 27.8. The number of hydrogen-bond acceptors (Lipinski definition) is 4. The first-order valence-corrected chi connectivity index (χ1v) is 7.08. The first-order chi connectivity index (χ1) is 9.99. The lowest BCUT2D eigenvalue weighted by Crippen LogP contribution is -2.45. The Morgan fingerprint density at radius 1 is 1.38 bits per heavy atom. The normalized spacial score (nSPS) is 14.0. The molecule has 0 aromatic heterocycles. The predicted molar refractivity (Wildman–Crippen MR) is 82.5 cm³/mol. The molecule has 1 aliphatic heterocycles. The summed E-state index contributed by atoms with van der Waals surface area (Å²) in [7, 11) is 1.53. The predicted octanol–water partition coefficient (Wildman–Crippen LogP) is 2.02. The lowest BCUT2D eigenvalue weighted by Gasteiger charge is -2.23. The van der Waals surface area contributed by atoms with Gasteiger partial charge in [0, 0.05) is 25.2 Å². The number of benzene rings is 1. The average Bonchev–Trinajstić information content (AvgIpc) is 2.59. The van der Waals surface area contributed by atoms with Gasteiger partial charge in [-0.1, -0.05) is 11.6 Å². The zero-order valence-electron chi connectivity index (χ0n) is 12.2. The minimum absolute atomic E-state index is 0.0658. The van der Waals surface area contributed by atoms with Gasteiger partial charge in [-0.3, -0.25) is 19.9 Å². The van der Waals surface area contributed by atoms with E-state index < -0.39 is 0 Å². The molecule has 2 rings (SSSR count). The second-order valence-corrected chi connectivity index (χ2v) is 5.02. The molecule has 0 spiro atoms. The Morgan fingerprint density at radius 2 is 2.05 bits per heavy atom. The number of anilines is 1. The van der Waals surface area contributed by atoms with Crippen LogP contribution in [0, 0.1) is 0 Å². The van der Waals surface area contributed by atoms with E-state index in [1.165, 1.54) is 11.9 Å². The SMILES string of the molecule is CCN(CC)C(=O)C1=NNc2ccc(Cl)cc2C(=O)N1C. The molecule has 1 aromatic rings. The molecule has 0 bridgehead atoms. The lowest BCUT2D eigenvalue weighted by atomic mass is 10.1. The lowest BCUT2D eigenvalue weighted by molar-refractivity contribution is -0.124. The van der Waals surface area contributed by atoms with E-state index in [0.717, 1.165) is 0 Å². The number of amides is 2. The summed E-state index contributed by atoms with van der Waals surface area (Å²) in [5.74, 6) is -0.546. The van der Waals surface area contributed by atoms with E-state index in [1.54, 1.807) is 23.1 Å². The van der Waals surface area contributed by atoms with Crippen LogP contribution in [-0.2, 0) is 4.79 Å². The molecule has 2 amide bonds. The first-order valence-electron chi connectivity index (χ1n) is 6.70. The third-order valence-electron chi connectivity index (χ3n) is 3.36. The molecule has 1 aliphatic rings. The van der Waals surface area contributed by atoms with E-state index >= 15 is 0 Å². The zero-order chi connectivity index (χ0) is 15.6. The first kappa shape index (κ1) is 15.3. The second kappa shape index (κ2) is 6.13. The zero-order valence-corrected chi connectivity index (χ0v) is 12.9. The number of carbonyl (C=O) groups is 2. The van der Waals surface area contributed by atoms with Crippen molar-refractivity contribution in [1.82, 2.24) is 9.80 Å². The van der Waals surface area contributed by atoms with Gasteiger partial charge in [0.15, 0.2) is 0 Å². The highest BCUT2D eigenvalue weighted by atomic mass is 35.5. The Morgan fingerprint density at radius 3 is 2.67 bits per heavy atom. The van der Waals surface area contributed by atoms with Crippen LogP contribution >= 0.6 is 11.6 Å². The Kier molecular flexibility index (Phi) is 4.47. The number of nitrogens with zero attached hydrogens (tertiary/aromatic N) is 3. The van der Waals surface area contributed by atoms with Gasteiger partial charge in [0.05, 0.1) is 11.3 Å². The minimum atomic E-state index is -0.322. The van der Waals surface area contributed by atoms with Gasteiger partial charge in [-0.2, -0.15) is 5.10 Å². The van der Waals surface area contributed by atoms with Crippen LogP contribution in [0.5, 0.6) is 0 Å². The molecule has 1 aromatic carbocycles. The van der Waals surface area contributed by atoms with Crippen LogP contribution in [0.2, 0.25) is 5.02 Å². The smallest absolute Gasteiger partial charge is 0.291 e. The van der Waals surface area contributed by atoms with Crippen molar-refractivity contribution in [2.24, 2.45) is 5.10 Å². The third-order valence-corrected chi connectivity index (χ3v) is 3.59. The van der Waals surface area contributed by atoms with Gasteiger partial charge in [-0.25, -0.2) is 0 Å². The second-order valence-electron chi connectivity index (χ2n) is 4.58. The Balaban J connectivity index is 2.39. The molecule has 1 N–H and O–H groups in total. The van der Waals surface area contributed by atoms with Gasteiger partial charge in [-0.15, -0.1) is 0 Å². The van der Waals surface area contributed by atoms with Gasteiger partial charge in [0.2, 0.25) is 5.84 Å². The van der Waals surface area contributed by atoms with Gasteiger partial charge in [-0.05, 0) is 32.0 Å². The topological polar surface area (TPSA) is 65.0 Å². The van der Waals surface area contributed by atoms with Crippen molar-refractivity contribution in [2.75, 3.05) is 25.6 Å². The molecule has 0 fully saturated rings. The van der Waals surface area contributed by atoms with Crippen molar-refractivity contribution in [2.45, 2.75) is 13.8 Å². The standard InChI is InChI=1S/C14H17ClN4O2/c1-4-19(5-2)14(21)12-17-16-11-7-6-9(15)8-10(11)13(20)18(12)3/h6-8,16H,4-5H2,1-3H3. The Bertz CT molecular complexity index is 611. The molecule has 112 valence electrons. The van der Waals surface area contributed by atoms with Crippen molar-refractivity contribution in [3.63, 3.8) is 0 Å². The van der Waals surface area contributed by atoms with Crippen LogP contribution in [0.3, 0.4) is 0 Å². The van der Waals surface area contributed by atoms with Crippen LogP contribution in [0.1, 0.15) is 24.2 Å². The highest BCUT2D eigenvalue weighted by Gasteiger charge is 2.29.